The molecular weight excluding hydrogens is 394 g/mol. The first kappa shape index (κ1) is 33.6. The third kappa shape index (κ3) is 27.5. The Kier molecular flexibility index (Phi) is 32.0. The van der Waals surface area contributed by atoms with Crippen molar-refractivity contribution in [3.63, 3.8) is 0 Å². The van der Waals surface area contributed by atoms with E-state index in [4.69, 9.17) is 4.74 Å². The van der Waals surface area contributed by atoms with Crippen molar-refractivity contribution in [2.24, 2.45) is 5.92 Å². The lowest BCUT2D eigenvalue weighted by atomic mass is 9.95. The van der Waals surface area contributed by atoms with Crippen LogP contribution in [0, 0.1) is 5.92 Å². The van der Waals surface area contributed by atoms with Crippen molar-refractivity contribution in [2.75, 3.05) is 19.7 Å². The van der Waals surface area contributed by atoms with Gasteiger partial charge in [-0.15, -0.1) is 0 Å². The summed E-state index contributed by atoms with van der Waals surface area (Å²) in [5.74, 6) is 0.584. The van der Waals surface area contributed by atoms with Gasteiger partial charge in [0.15, 0.2) is 0 Å². The Labute approximate surface area is 203 Å². The van der Waals surface area contributed by atoms with Crippen LogP contribution in [-0.2, 0) is 9.53 Å². The molecule has 0 spiro atoms. The first-order chi connectivity index (χ1) is 15.7. The monoisotopic (exact) mass is 455 g/mol. The van der Waals surface area contributed by atoms with Gasteiger partial charge in [-0.2, -0.15) is 0 Å². The molecule has 0 amide bonds. The first-order valence-corrected chi connectivity index (χ1v) is 14.6. The summed E-state index contributed by atoms with van der Waals surface area (Å²) in [6.45, 7) is 13.6. The summed E-state index contributed by atoms with van der Waals surface area (Å²) in [7, 11) is 0. The van der Waals surface area contributed by atoms with Crippen LogP contribution in [0.5, 0.6) is 0 Å². The minimum atomic E-state index is 0.0134. The molecule has 0 rings (SSSR count). The zero-order chi connectivity index (χ0) is 24.1. The number of nitrogens with one attached hydrogen (secondary N) is 1. The van der Waals surface area contributed by atoms with Crippen LogP contribution in [-0.4, -0.2) is 25.7 Å². The fourth-order valence-corrected chi connectivity index (χ4v) is 3.99. The second kappa shape index (κ2) is 30.4. The fourth-order valence-electron chi connectivity index (χ4n) is 3.99. The first-order valence-electron chi connectivity index (χ1n) is 14.6. The molecule has 0 saturated heterocycles. The summed E-state index contributed by atoms with van der Waals surface area (Å²) in [6.07, 6.45) is 23.6. The number of ether oxygens (including phenoxy) is 1. The van der Waals surface area contributed by atoms with E-state index in [1.165, 1.54) is 103 Å². The number of rotatable bonds is 24. The Hall–Kier alpha value is -0.570. The zero-order valence-corrected chi connectivity index (χ0v) is 23.0. The van der Waals surface area contributed by atoms with Crippen LogP contribution in [0.25, 0.3) is 0 Å². The van der Waals surface area contributed by atoms with Crippen molar-refractivity contribution in [1.82, 2.24) is 5.32 Å². The number of carbonyl (C=O) groups is 1. The summed E-state index contributed by atoms with van der Waals surface area (Å²) < 4.78 is 5.67. The SMILES string of the molecule is CC.CCCCCCCCC(CCCCCC)COC(=O)CCCCNCCCCCC. The second-order valence-corrected chi connectivity index (χ2v) is 9.22. The lowest BCUT2D eigenvalue weighted by Crippen LogP contribution is -2.17. The maximum absolute atomic E-state index is 12.1. The van der Waals surface area contributed by atoms with Gasteiger partial charge in [0.2, 0.25) is 0 Å². The molecule has 1 unspecified atom stereocenters. The van der Waals surface area contributed by atoms with E-state index in [0.29, 0.717) is 18.9 Å². The van der Waals surface area contributed by atoms with E-state index in [1.54, 1.807) is 0 Å². The van der Waals surface area contributed by atoms with E-state index in [2.05, 4.69) is 26.1 Å². The largest absolute Gasteiger partial charge is 0.465 e. The smallest absolute Gasteiger partial charge is 0.305 e. The predicted molar refractivity (Wildman–Crippen MR) is 143 cm³/mol. The zero-order valence-electron chi connectivity index (χ0n) is 23.0. The highest BCUT2D eigenvalue weighted by molar-refractivity contribution is 5.69. The molecule has 194 valence electrons. The minimum absolute atomic E-state index is 0.0134. The topological polar surface area (TPSA) is 38.3 Å². The normalized spacial score (nSPS) is 11.7. The minimum Gasteiger partial charge on any atom is -0.465 e. The van der Waals surface area contributed by atoms with E-state index in [9.17, 15) is 4.79 Å². The molecular formula is C29H61NO2. The molecule has 0 bridgehead atoms. The van der Waals surface area contributed by atoms with Gasteiger partial charge in [0.25, 0.3) is 0 Å². The summed E-state index contributed by atoms with van der Waals surface area (Å²) in [5.41, 5.74) is 0. The fraction of sp³-hybridized carbons (Fsp3) is 0.966. The van der Waals surface area contributed by atoms with Crippen molar-refractivity contribution in [3.05, 3.63) is 0 Å². The highest BCUT2D eigenvalue weighted by Crippen LogP contribution is 2.19. The molecule has 32 heavy (non-hydrogen) atoms. The lowest BCUT2D eigenvalue weighted by Gasteiger charge is -2.17. The molecule has 1 atom stereocenters. The van der Waals surface area contributed by atoms with Crippen molar-refractivity contribution >= 4 is 5.97 Å². The summed E-state index contributed by atoms with van der Waals surface area (Å²) in [4.78, 5) is 12.1. The average Bonchev–Trinajstić information content (AvgIpc) is 2.82. The number of hydrogen-bond acceptors (Lipinski definition) is 3. The van der Waals surface area contributed by atoms with Crippen LogP contribution in [0.2, 0.25) is 0 Å². The van der Waals surface area contributed by atoms with Gasteiger partial charge >= 0.3 is 5.97 Å². The van der Waals surface area contributed by atoms with E-state index < -0.39 is 0 Å². The van der Waals surface area contributed by atoms with Gasteiger partial charge in [-0.25, -0.2) is 0 Å². The molecule has 0 fully saturated rings. The Morgan fingerprint density at radius 1 is 0.625 bits per heavy atom. The Balaban J connectivity index is 0. The molecule has 0 aliphatic rings. The summed E-state index contributed by atoms with van der Waals surface area (Å²) >= 11 is 0. The van der Waals surface area contributed by atoms with E-state index in [-0.39, 0.29) is 5.97 Å². The molecule has 0 aromatic carbocycles. The van der Waals surface area contributed by atoms with Gasteiger partial charge in [0, 0.05) is 6.42 Å². The maximum Gasteiger partial charge on any atom is 0.305 e. The third-order valence-corrected chi connectivity index (χ3v) is 6.10. The quantitative estimate of drug-likeness (QED) is 0.116. The molecule has 1 N–H and O–H groups in total. The van der Waals surface area contributed by atoms with Crippen LogP contribution in [0.1, 0.15) is 157 Å². The van der Waals surface area contributed by atoms with E-state index in [0.717, 1.165) is 25.9 Å². The number of unbranched alkanes of at least 4 members (excludes halogenated alkanes) is 12. The highest BCUT2D eigenvalue weighted by Gasteiger charge is 2.12. The van der Waals surface area contributed by atoms with Crippen LogP contribution in [0.3, 0.4) is 0 Å². The van der Waals surface area contributed by atoms with Crippen molar-refractivity contribution < 1.29 is 9.53 Å². The van der Waals surface area contributed by atoms with Gasteiger partial charge in [0.05, 0.1) is 6.61 Å². The lowest BCUT2D eigenvalue weighted by molar-refractivity contribution is -0.145. The number of hydrogen-bond donors (Lipinski definition) is 1. The summed E-state index contributed by atoms with van der Waals surface area (Å²) in [6, 6.07) is 0. The molecule has 0 aromatic heterocycles. The Morgan fingerprint density at radius 3 is 1.62 bits per heavy atom. The molecule has 3 nitrogen and oxygen atoms in total. The Morgan fingerprint density at radius 2 is 1.06 bits per heavy atom. The molecule has 0 saturated carbocycles. The maximum atomic E-state index is 12.1. The van der Waals surface area contributed by atoms with Crippen LogP contribution in [0.4, 0.5) is 0 Å². The van der Waals surface area contributed by atoms with Crippen molar-refractivity contribution in [2.45, 2.75) is 157 Å². The van der Waals surface area contributed by atoms with Gasteiger partial charge in [-0.3, -0.25) is 4.79 Å². The van der Waals surface area contributed by atoms with Gasteiger partial charge < -0.3 is 10.1 Å². The van der Waals surface area contributed by atoms with Crippen LogP contribution in [0.15, 0.2) is 0 Å². The van der Waals surface area contributed by atoms with E-state index in [1.807, 2.05) is 13.8 Å². The van der Waals surface area contributed by atoms with Gasteiger partial charge in [-0.1, -0.05) is 118 Å². The number of esters is 1. The summed E-state index contributed by atoms with van der Waals surface area (Å²) in [5, 5.41) is 3.49. The molecule has 0 heterocycles. The van der Waals surface area contributed by atoms with Crippen LogP contribution < -0.4 is 5.32 Å². The standard InChI is InChI=1S/C27H55NO2.C2H6/c1-4-7-10-13-14-16-21-26(20-15-11-8-5-2)25-30-27(29)22-17-19-24-28-23-18-12-9-6-3;1-2/h26,28H,4-25H2,1-3H3;1-2H3. The Bertz CT molecular complexity index is 346. The molecule has 0 aliphatic heterocycles. The molecule has 0 aliphatic carbocycles. The van der Waals surface area contributed by atoms with Crippen molar-refractivity contribution in [1.29, 1.82) is 0 Å². The average molecular weight is 456 g/mol. The molecule has 0 aromatic rings. The van der Waals surface area contributed by atoms with Gasteiger partial charge in [-0.05, 0) is 51.1 Å². The predicted octanol–water partition coefficient (Wildman–Crippen LogP) is 9.23. The van der Waals surface area contributed by atoms with Gasteiger partial charge in [0.1, 0.15) is 0 Å². The van der Waals surface area contributed by atoms with Crippen LogP contribution >= 0.6 is 0 Å². The molecule has 3 heteroatoms. The highest BCUT2D eigenvalue weighted by atomic mass is 16.5. The number of carbonyl (C=O) groups excluding carboxylic acids is 1. The third-order valence-electron chi connectivity index (χ3n) is 6.10. The second-order valence-electron chi connectivity index (χ2n) is 9.22. The van der Waals surface area contributed by atoms with E-state index >= 15 is 0 Å². The van der Waals surface area contributed by atoms with Crippen molar-refractivity contribution in [3.8, 4) is 0 Å². The molecule has 0 radical (unpaired) electrons.